The molecular weight excluding hydrogens is 691 g/mol. The van der Waals surface area contributed by atoms with Crippen LogP contribution in [0.4, 0.5) is 5.69 Å². The summed E-state index contributed by atoms with van der Waals surface area (Å²) in [6.07, 6.45) is 0. The van der Waals surface area contributed by atoms with Crippen LogP contribution in [0.5, 0.6) is 0 Å². The largest absolute Gasteiger partial charge is 0.238 e. The van der Waals surface area contributed by atoms with Gasteiger partial charge in [-0.2, -0.15) is 0 Å². The number of fused-ring (bicyclic) bond motifs is 3. The smallest absolute Gasteiger partial charge is 0.187 e. The molecule has 0 N–H and O–H groups in total. The van der Waals surface area contributed by atoms with E-state index in [0.29, 0.717) is 11.5 Å². The van der Waals surface area contributed by atoms with Crippen LogP contribution in [0.2, 0.25) is 0 Å². The van der Waals surface area contributed by atoms with Crippen LogP contribution < -0.4 is 0 Å². The average Bonchev–Trinajstić information content (AvgIpc) is 3.59. The highest BCUT2D eigenvalue weighted by Crippen LogP contribution is 2.57. The second-order valence-corrected chi connectivity index (χ2v) is 14.4. The number of hydrogen-bond acceptors (Lipinski definition) is 2. The molecule has 0 unspecified atom stereocenters. The zero-order valence-corrected chi connectivity index (χ0v) is 31.0. The zero-order chi connectivity index (χ0) is 38.2. The standard InChI is InChI=1S/C54H35N3/c1-55-46-30-32-49-48(35-46)47-31-29-42(34-50(47)54(49,44-21-10-4-11-22-44)45-23-12-5-13-24-45)38-25-27-40(28-26-38)52-36-51(39-17-8-3-9-18-39)56-53(57-52)43-20-14-19-41(33-43)37-15-6-2-7-16-37/h2-36H. The topological polar surface area (TPSA) is 30.1 Å². The van der Waals surface area contributed by atoms with Crippen molar-refractivity contribution in [2.75, 3.05) is 0 Å². The van der Waals surface area contributed by atoms with Crippen molar-refractivity contribution in [3.63, 3.8) is 0 Å². The van der Waals surface area contributed by atoms with Crippen LogP contribution in [-0.2, 0) is 5.41 Å². The Balaban J connectivity index is 1.09. The molecule has 3 nitrogen and oxygen atoms in total. The molecule has 0 saturated heterocycles. The van der Waals surface area contributed by atoms with Gasteiger partial charge < -0.3 is 0 Å². The van der Waals surface area contributed by atoms with E-state index in [4.69, 9.17) is 16.5 Å². The third-order valence-corrected chi connectivity index (χ3v) is 11.2. The molecule has 0 radical (unpaired) electrons. The second-order valence-electron chi connectivity index (χ2n) is 14.4. The molecule has 0 saturated carbocycles. The van der Waals surface area contributed by atoms with E-state index in [0.717, 1.165) is 61.5 Å². The Morgan fingerprint density at radius 3 is 1.47 bits per heavy atom. The summed E-state index contributed by atoms with van der Waals surface area (Å²) in [7, 11) is 0. The minimum Gasteiger partial charge on any atom is -0.238 e. The Labute approximate surface area is 333 Å². The van der Waals surface area contributed by atoms with Gasteiger partial charge in [-0.15, -0.1) is 0 Å². The molecule has 0 spiro atoms. The minimum atomic E-state index is -0.549. The first-order chi connectivity index (χ1) is 28.2. The van der Waals surface area contributed by atoms with E-state index in [9.17, 15) is 0 Å². The lowest BCUT2D eigenvalue weighted by Gasteiger charge is -2.34. The van der Waals surface area contributed by atoms with Crippen LogP contribution in [0, 0.1) is 6.57 Å². The molecule has 8 aromatic carbocycles. The van der Waals surface area contributed by atoms with E-state index in [1.807, 2.05) is 30.3 Å². The van der Waals surface area contributed by atoms with Gasteiger partial charge in [0.15, 0.2) is 11.5 Å². The SMILES string of the molecule is [C-]#[N+]c1ccc2c(c1)-c1ccc(-c3ccc(-c4cc(-c5ccccc5)nc(-c5cccc(-c6ccccc6)c5)n4)cc3)cc1C2(c1ccccc1)c1ccccc1. The monoisotopic (exact) mass is 725 g/mol. The molecule has 1 aliphatic carbocycles. The van der Waals surface area contributed by atoms with Crippen molar-refractivity contribution >= 4 is 5.69 Å². The average molecular weight is 726 g/mol. The molecular formula is C54H35N3. The second kappa shape index (κ2) is 14.2. The molecule has 0 bridgehead atoms. The molecule has 1 aromatic heterocycles. The van der Waals surface area contributed by atoms with Gasteiger partial charge >= 0.3 is 0 Å². The number of nitrogens with zero attached hydrogens (tertiary/aromatic N) is 3. The van der Waals surface area contributed by atoms with Gasteiger partial charge in [-0.3, -0.25) is 0 Å². The van der Waals surface area contributed by atoms with Crippen molar-refractivity contribution < 1.29 is 0 Å². The maximum absolute atomic E-state index is 7.81. The van der Waals surface area contributed by atoms with Gasteiger partial charge in [0, 0.05) is 16.7 Å². The number of rotatable bonds is 7. The molecule has 1 aliphatic rings. The Morgan fingerprint density at radius 1 is 0.351 bits per heavy atom. The number of hydrogen-bond donors (Lipinski definition) is 0. The lowest BCUT2D eigenvalue weighted by atomic mass is 9.67. The zero-order valence-electron chi connectivity index (χ0n) is 31.0. The summed E-state index contributed by atoms with van der Waals surface area (Å²) < 4.78 is 0. The highest BCUT2D eigenvalue weighted by atomic mass is 14.9. The molecule has 0 amide bonds. The fourth-order valence-corrected chi connectivity index (χ4v) is 8.51. The van der Waals surface area contributed by atoms with E-state index in [1.54, 1.807) is 0 Å². The first kappa shape index (κ1) is 33.9. The molecule has 1 heterocycles. The Morgan fingerprint density at radius 2 is 0.842 bits per heavy atom. The van der Waals surface area contributed by atoms with Gasteiger partial charge in [-0.1, -0.05) is 188 Å². The third-order valence-electron chi connectivity index (χ3n) is 11.2. The predicted molar refractivity (Wildman–Crippen MR) is 233 cm³/mol. The predicted octanol–water partition coefficient (Wildman–Crippen LogP) is 13.7. The summed E-state index contributed by atoms with van der Waals surface area (Å²) in [5.41, 5.74) is 16.4. The van der Waals surface area contributed by atoms with Crippen LogP contribution in [0.1, 0.15) is 22.3 Å². The van der Waals surface area contributed by atoms with E-state index in [1.165, 1.54) is 22.3 Å². The van der Waals surface area contributed by atoms with Crippen LogP contribution in [0.15, 0.2) is 212 Å². The minimum absolute atomic E-state index is 0.549. The van der Waals surface area contributed by atoms with Crippen LogP contribution in [-0.4, -0.2) is 9.97 Å². The highest BCUT2D eigenvalue weighted by molar-refractivity contribution is 5.90. The van der Waals surface area contributed by atoms with Crippen LogP contribution in [0.3, 0.4) is 0 Å². The fourth-order valence-electron chi connectivity index (χ4n) is 8.51. The summed E-state index contributed by atoms with van der Waals surface area (Å²) in [6, 6.07) is 74.6. The maximum Gasteiger partial charge on any atom is 0.187 e. The highest BCUT2D eigenvalue weighted by Gasteiger charge is 2.46. The summed E-state index contributed by atoms with van der Waals surface area (Å²) in [4.78, 5) is 14.1. The lowest BCUT2D eigenvalue weighted by molar-refractivity contribution is 0.769. The summed E-state index contributed by atoms with van der Waals surface area (Å²) >= 11 is 0. The molecule has 9 aromatic rings. The van der Waals surface area contributed by atoms with Crippen molar-refractivity contribution in [3.8, 4) is 67.3 Å². The maximum atomic E-state index is 7.81. The van der Waals surface area contributed by atoms with Crippen LogP contribution in [0.25, 0.3) is 72.1 Å². The van der Waals surface area contributed by atoms with E-state index in [2.05, 4.69) is 187 Å². The Bertz CT molecular complexity index is 2890. The van der Waals surface area contributed by atoms with Crippen molar-refractivity contribution in [2.45, 2.75) is 5.41 Å². The van der Waals surface area contributed by atoms with Gasteiger partial charge in [0.2, 0.25) is 0 Å². The van der Waals surface area contributed by atoms with E-state index < -0.39 is 5.41 Å². The molecule has 0 atom stereocenters. The third kappa shape index (κ3) is 5.92. The first-order valence-electron chi connectivity index (χ1n) is 19.2. The van der Waals surface area contributed by atoms with Crippen molar-refractivity contribution in [2.24, 2.45) is 0 Å². The van der Waals surface area contributed by atoms with Gasteiger partial charge in [0.05, 0.1) is 23.4 Å². The van der Waals surface area contributed by atoms with Gasteiger partial charge in [-0.05, 0) is 79.9 Å². The normalized spacial score (nSPS) is 12.3. The van der Waals surface area contributed by atoms with Gasteiger partial charge in [-0.25, -0.2) is 14.8 Å². The molecule has 266 valence electrons. The summed E-state index contributed by atoms with van der Waals surface area (Å²) in [6.45, 7) is 7.81. The lowest BCUT2D eigenvalue weighted by Crippen LogP contribution is -2.28. The van der Waals surface area contributed by atoms with Crippen molar-refractivity contribution in [3.05, 3.63) is 246 Å². The Hall–Kier alpha value is -7.67. The summed E-state index contributed by atoms with van der Waals surface area (Å²) in [5.74, 6) is 0.686. The fraction of sp³-hybridized carbons (Fsp3) is 0.0185. The molecule has 0 fully saturated rings. The van der Waals surface area contributed by atoms with Gasteiger partial charge in [0.1, 0.15) is 0 Å². The molecule has 10 rings (SSSR count). The van der Waals surface area contributed by atoms with Crippen molar-refractivity contribution in [1.29, 1.82) is 0 Å². The Kier molecular flexibility index (Phi) is 8.43. The van der Waals surface area contributed by atoms with Crippen molar-refractivity contribution in [1.82, 2.24) is 9.97 Å². The number of benzene rings is 8. The quantitative estimate of drug-likeness (QED) is 0.153. The van der Waals surface area contributed by atoms with Gasteiger partial charge in [0.25, 0.3) is 0 Å². The van der Waals surface area contributed by atoms with E-state index >= 15 is 0 Å². The van der Waals surface area contributed by atoms with E-state index in [-0.39, 0.29) is 0 Å². The molecule has 0 aliphatic heterocycles. The summed E-state index contributed by atoms with van der Waals surface area (Å²) in [5, 5.41) is 0. The number of aromatic nitrogens is 2. The molecule has 3 heteroatoms. The first-order valence-corrected chi connectivity index (χ1v) is 19.2. The molecule has 57 heavy (non-hydrogen) atoms. The van der Waals surface area contributed by atoms with Crippen LogP contribution >= 0.6 is 0 Å².